The Hall–Kier alpha value is -3.46. The molecule has 2 aromatic carbocycles. The molecule has 6 heteroatoms. The van der Waals surface area contributed by atoms with Crippen molar-refractivity contribution < 1.29 is 23.4 Å². The molecule has 0 atom stereocenters. The van der Waals surface area contributed by atoms with Crippen LogP contribution in [-0.4, -0.2) is 19.7 Å². The van der Waals surface area contributed by atoms with Crippen LogP contribution in [0.1, 0.15) is 18.1 Å². The minimum absolute atomic E-state index is 0.0465. The fourth-order valence-electron chi connectivity index (χ4n) is 2.57. The Balaban J connectivity index is 1.78. The van der Waals surface area contributed by atoms with Gasteiger partial charge >= 0.3 is 5.97 Å². The summed E-state index contributed by atoms with van der Waals surface area (Å²) < 4.78 is 21.5. The summed E-state index contributed by atoms with van der Waals surface area (Å²) in [5.41, 5.74) is 1.79. The number of fused-ring (bicyclic) bond motifs is 1. The number of hydrogen-bond acceptors (Lipinski definition) is 6. The lowest BCUT2D eigenvalue weighted by atomic mass is 10.1. The SMILES string of the molecule is CCOc1cc(C#N)ccc1OC(=O)Cc1coc2cc(OC)ccc12. The third kappa shape index (κ3) is 3.62. The van der Waals surface area contributed by atoms with Gasteiger partial charge in [-0.1, -0.05) is 0 Å². The number of hydrogen-bond donors (Lipinski definition) is 0. The van der Waals surface area contributed by atoms with Crippen LogP contribution in [0, 0.1) is 11.3 Å². The van der Waals surface area contributed by atoms with Crippen molar-refractivity contribution in [2.45, 2.75) is 13.3 Å². The summed E-state index contributed by atoms with van der Waals surface area (Å²) in [6.45, 7) is 2.21. The van der Waals surface area contributed by atoms with E-state index in [1.54, 1.807) is 37.4 Å². The molecule has 26 heavy (non-hydrogen) atoms. The molecular formula is C20H17NO5. The van der Waals surface area contributed by atoms with Crippen LogP contribution in [0.15, 0.2) is 47.1 Å². The van der Waals surface area contributed by atoms with Crippen LogP contribution < -0.4 is 14.2 Å². The summed E-state index contributed by atoms with van der Waals surface area (Å²) in [7, 11) is 1.58. The molecule has 0 aliphatic carbocycles. The summed E-state index contributed by atoms with van der Waals surface area (Å²) in [4.78, 5) is 12.3. The fraction of sp³-hybridized carbons (Fsp3) is 0.200. The molecule has 0 unspecified atom stereocenters. The molecule has 0 aliphatic heterocycles. The van der Waals surface area contributed by atoms with Gasteiger partial charge in [0.25, 0.3) is 0 Å². The Bertz CT molecular complexity index is 984. The van der Waals surface area contributed by atoms with Gasteiger partial charge in [0.05, 0.1) is 38.0 Å². The summed E-state index contributed by atoms with van der Waals surface area (Å²) in [5, 5.41) is 9.81. The Morgan fingerprint density at radius 1 is 1.19 bits per heavy atom. The Kier molecular flexibility index (Phi) is 5.09. The molecule has 0 bridgehead atoms. The number of rotatable bonds is 6. The number of nitrogens with zero attached hydrogens (tertiary/aromatic N) is 1. The first kappa shape index (κ1) is 17.4. The van der Waals surface area contributed by atoms with Crippen molar-refractivity contribution in [2.24, 2.45) is 0 Å². The maximum atomic E-state index is 12.3. The van der Waals surface area contributed by atoms with Gasteiger partial charge in [0.2, 0.25) is 0 Å². The Morgan fingerprint density at radius 2 is 2.04 bits per heavy atom. The number of nitriles is 1. The quantitative estimate of drug-likeness (QED) is 0.495. The second-order valence-electron chi connectivity index (χ2n) is 5.48. The van der Waals surface area contributed by atoms with Crippen LogP contribution in [0.5, 0.6) is 17.2 Å². The van der Waals surface area contributed by atoms with E-state index in [4.69, 9.17) is 23.9 Å². The standard InChI is InChI=1S/C20H17NO5/c1-3-24-19-8-13(11-21)4-7-17(19)26-20(22)9-14-12-25-18-10-15(23-2)5-6-16(14)18/h4-8,10,12H,3,9H2,1-2H3. The van der Waals surface area contributed by atoms with Gasteiger partial charge in [-0.25, -0.2) is 0 Å². The number of methoxy groups -OCH3 is 1. The molecule has 6 nitrogen and oxygen atoms in total. The number of carbonyl (C=O) groups excluding carboxylic acids is 1. The topological polar surface area (TPSA) is 81.7 Å². The van der Waals surface area contributed by atoms with Gasteiger partial charge in [0.15, 0.2) is 11.5 Å². The molecule has 0 radical (unpaired) electrons. The summed E-state index contributed by atoms with van der Waals surface area (Å²) in [6, 6.07) is 12.1. The minimum Gasteiger partial charge on any atom is -0.497 e. The van der Waals surface area contributed by atoms with Crippen molar-refractivity contribution in [3.05, 3.63) is 53.8 Å². The molecule has 0 N–H and O–H groups in total. The predicted molar refractivity (Wildman–Crippen MR) is 94.4 cm³/mol. The smallest absolute Gasteiger partial charge is 0.315 e. The average Bonchev–Trinajstić information content (AvgIpc) is 3.05. The highest BCUT2D eigenvalue weighted by Gasteiger charge is 2.15. The fourth-order valence-corrected chi connectivity index (χ4v) is 2.57. The van der Waals surface area contributed by atoms with Gasteiger partial charge in [-0.3, -0.25) is 4.79 Å². The van der Waals surface area contributed by atoms with E-state index in [1.807, 2.05) is 19.1 Å². The van der Waals surface area contributed by atoms with E-state index in [2.05, 4.69) is 0 Å². The molecule has 0 amide bonds. The number of esters is 1. The van der Waals surface area contributed by atoms with Gasteiger partial charge in [0.1, 0.15) is 11.3 Å². The largest absolute Gasteiger partial charge is 0.497 e. The first-order valence-electron chi connectivity index (χ1n) is 8.06. The maximum absolute atomic E-state index is 12.3. The van der Waals surface area contributed by atoms with Crippen LogP contribution in [0.4, 0.5) is 0 Å². The van der Waals surface area contributed by atoms with E-state index >= 15 is 0 Å². The van der Waals surface area contributed by atoms with Gasteiger partial charge in [-0.2, -0.15) is 5.26 Å². The lowest BCUT2D eigenvalue weighted by molar-refractivity contribution is -0.133. The van der Waals surface area contributed by atoms with Crippen LogP contribution in [0.25, 0.3) is 11.0 Å². The maximum Gasteiger partial charge on any atom is 0.315 e. The third-order valence-corrected chi connectivity index (χ3v) is 3.79. The van der Waals surface area contributed by atoms with E-state index in [-0.39, 0.29) is 12.2 Å². The van der Waals surface area contributed by atoms with E-state index in [9.17, 15) is 4.79 Å². The number of carbonyl (C=O) groups is 1. The Morgan fingerprint density at radius 3 is 2.77 bits per heavy atom. The van der Waals surface area contributed by atoms with Crippen LogP contribution in [-0.2, 0) is 11.2 Å². The number of furan rings is 1. The molecule has 1 heterocycles. The molecule has 3 rings (SSSR count). The highest BCUT2D eigenvalue weighted by Crippen LogP contribution is 2.30. The lowest BCUT2D eigenvalue weighted by Gasteiger charge is -2.10. The van der Waals surface area contributed by atoms with E-state index in [0.717, 1.165) is 10.9 Å². The first-order valence-corrected chi connectivity index (χ1v) is 8.06. The molecule has 132 valence electrons. The van der Waals surface area contributed by atoms with Crippen molar-refractivity contribution in [1.82, 2.24) is 0 Å². The molecule has 0 aliphatic rings. The zero-order valence-electron chi connectivity index (χ0n) is 14.4. The van der Waals surface area contributed by atoms with Crippen molar-refractivity contribution >= 4 is 16.9 Å². The first-order chi connectivity index (χ1) is 12.6. The average molecular weight is 351 g/mol. The summed E-state index contributed by atoms with van der Waals surface area (Å²) >= 11 is 0. The van der Waals surface area contributed by atoms with Crippen molar-refractivity contribution in [2.75, 3.05) is 13.7 Å². The second-order valence-corrected chi connectivity index (χ2v) is 5.48. The van der Waals surface area contributed by atoms with E-state index < -0.39 is 5.97 Å². The normalized spacial score (nSPS) is 10.3. The number of ether oxygens (including phenoxy) is 3. The van der Waals surface area contributed by atoms with Crippen LogP contribution >= 0.6 is 0 Å². The molecule has 0 spiro atoms. The predicted octanol–water partition coefficient (Wildman–Crippen LogP) is 3.86. The van der Waals surface area contributed by atoms with Crippen molar-refractivity contribution in [1.29, 1.82) is 5.26 Å². The van der Waals surface area contributed by atoms with Crippen molar-refractivity contribution in [3.8, 4) is 23.3 Å². The van der Waals surface area contributed by atoms with E-state index in [0.29, 0.717) is 29.3 Å². The van der Waals surface area contributed by atoms with Crippen LogP contribution in [0.2, 0.25) is 0 Å². The lowest BCUT2D eigenvalue weighted by Crippen LogP contribution is -2.12. The summed E-state index contributed by atoms with van der Waals surface area (Å²) in [5.74, 6) is 0.876. The highest BCUT2D eigenvalue weighted by atomic mass is 16.6. The molecule has 0 saturated carbocycles. The van der Waals surface area contributed by atoms with Gasteiger partial charge in [-0.05, 0) is 31.2 Å². The zero-order chi connectivity index (χ0) is 18.5. The minimum atomic E-state index is -0.450. The molecule has 1 aromatic heterocycles. The monoisotopic (exact) mass is 351 g/mol. The van der Waals surface area contributed by atoms with Crippen molar-refractivity contribution in [3.63, 3.8) is 0 Å². The zero-order valence-corrected chi connectivity index (χ0v) is 14.4. The molecule has 3 aromatic rings. The molecule has 0 saturated heterocycles. The van der Waals surface area contributed by atoms with Crippen LogP contribution in [0.3, 0.4) is 0 Å². The number of benzene rings is 2. The molecular weight excluding hydrogens is 334 g/mol. The van der Waals surface area contributed by atoms with Gasteiger partial charge < -0.3 is 18.6 Å². The van der Waals surface area contributed by atoms with E-state index in [1.165, 1.54) is 6.26 Å². The van der Waals surface area contributed by atoms with Gasteiger partial charge in [0, 0.05) is 23.1 Å². The summed E-state index contributed by atoms with van der Waals surface area (Å²) in [6.07, 6.45) is 1.58. The Labute approximate surface area is 150 Å². The third-order valence-electron chi connectivity index (χ3n) is 3.79. The molecule has 0 fully saturated rings. The second kappa shape index (κ2) is 7.62. The van der Waals surface area contributed by atoms with Gasteiger partial charge in [-0.15, -0.1) is 0 Å². The highest BCUT2D eigenvalue weighted by molar-refractivity contribution is 5.87.